The molecule has 7 heteroatoms. The van der Waals surface area contributed by atoms with Crippen LogP contribution >= 0.6 is 11.3 Å². The first-order valence-corrected chi connectivity index (χ1v) is 6.98. The lowest BCUT2D eigenvalue weighted by atomic mass is 10.1. The number of methoxy groups -OCH3 is 1. The summed E-state index contributed by atoms with van der Waals surface area (Å²) >= 11 is 1.36. The van der Waals surface area contributed by atoms with Crippen LogP contribution in [0.25, 0.3) is 0 Å². The van der Waals surface area contributed by atoms with Crippen molar-refractivity contribution in [2.45, 2.75) is 12.8 Å². The van der Waals surface area contributed by atoms with E-state index >= 15 is 0 Å². The second kappa shape index (κ2) is 6.97. The largest absolute Gasteiger partial charge is 0.497 e. The van der Waals surface area contributed by atoms with Gasteiger partial charge in [0.15, 0.2) is 0 Å². The Bertz CT molecular complexity index is 585. The van der Waals surface area contributed by atoms with Crippen molar-refractivity contribution in [1.29, 1.82) is 0 Å². The lowest BCUT2D eigenvalue weighted by molar-refractivity contribution is -0.116. The van der Waals surface area contributed by atoms with Crippen LogP contribution in [-0.2, 0) is 11.2 Å². The molecule has 0 aliphatic carbocycles. The number of benzene rings is 1. The summed E-state index contributed by atoms with van der Waals surface area (Å²) in [6, 6.07) is 7.77. The Morgan fingerprint density at radius 1 is 1.45 bits per heavy atom. The van der Waals surface area contributed by atoms with Crippen molar-refractivity contribution >= 4 is 22.4 Å². The van der Waals surface area contributed by atoms with E-state index in [1.807, 2.05) is 24.3 Å². The zero-order valence-corrected chi connectivity index (χ0v) is 11.9. The van der Waals surface area contributed by atoms with E-state index in [0.29, 0.717) is 18.1 Å². The summed E-state index contributed by atoms with van der Waals surface area (Å²) in [4.78, 5) is 11.4. The highest BCUT2D eigenvalue weighted by Gasteiger charge is 2.08. The predicted molar refractivity (Wildman–Crippen MR) is 78.0 cm³/mol. The van der Waals surface area contributed by atoms with E-state index in [4.69, 9.17) is 10.5 Å². The van der Waals surface area contributed by atoms with Crippen molar-refractivity contribution in [2.24, 2.45) is 5.73 Å². The van der Waals surface area contributed by atoms with E-state index in [9.17, 15) is 4.79 Å². The van der Waals surface area contributed by atoms with Crippen molar-refractivity contribution < 1.29 is 9.53 Å². The molecule has 1 aromatic heterocycles. The first-order chi connectivity index (χ1) is 9.71. The average molecular weight is 292 g/mol. The Labute approximate surface area is 121 Å². The molecule has 3 N–H and O–H groups in total. The summed E-state index contributed by atoms with van der Waals surface area (Å²) in [7, 11) is 1.63. The van der Waals surface area contributed by atoms with Crippen LogP contribution in [0.2, 0.25) is 0 Å². The van der Waals surface area contributed by atoms with Crippen LogP contribution in [0, 0.1) is 0 Å². The molecule has 6 nitrogen and oxygen atoms in total. The predicted octanol–water partition coefficient (Wildman–Crippen LogP) is 1.42. The summed E-state index contributed by atoms with van der Waals surface area (Å²) in [6.07, 6.45) is 0.937. The first-order valence-electron chi connectivity index (χ1n) is 6.16. The molecular formula is C13H16N4O2S. The van der Waals surface area contributed by atoms with Crippen molar-refractivity contribution in [3.63, 3.8) is 0 Å². The van der Waals surface area contributed by atoms with Gasteiger partial charge >= 0.3 is 0 Å². The van der Waals surface area contributed by atoms with Gasteiger partial charge in [0, 0.05) is 19.4 Å². The lowest BCUT2D eigenvalue weighted by Gasteiger charge is -2.01. The number of hydrogen-bond donors (Lipinski definition) is 2. The van der Waals surface area contributed by atoms with Crippen molar-refractivity contribution in [3.8, 4) is 5.75 Å². The second-order valence-electron chi connectivity index (χ2n) is 4.12. The van der Waals surface area contributed by atoms with Crippen LogP contribution in [-0.4, -0.2) is 29.8 Å². The Morgan fingerprint density at radius 3 is 3.05 bits per heavy atom. The van der Waals surface area contributed by atoms with Gasteiger partial charge in [-0.25, -0.2) is 0 Å². The quantitative estimate of drug-likeness (QED) is 0.840. The highest BCUT2D eigenvalue weighted by molar-refractivity contribution is 7.15. The van der Waals surface area contributed by atoms with Crippen LogP contribution in [0.3, 0.4) is 0 Å². The number of nitrogens with one attached hydrogen (secondary N) is 1. The van der Waals surface area contributed by atoms with Gasteiger partial charge in [0.25, 0.3) is 0 Å². The number of nitrogens with zero attached hydrogens (tertiary/aromatic N) is 2. The molecule has 106 valence electrons. The third kappa shape index (κ3) is 4.01. The molecule has 0 aliphatic heterocycles. The van der Waals surface area contributed by atoms with Crippen LogP contribution < -0.4 is 15.8 Å². The van der Waals surface area contributed by atoms with Gasteiger partial charge in [-0.1, -0.05) is 23.5 Å². The van der Waals surface area contributed by atoms with Gasteiger partial charge < -0.3 is 15.8 Å². The maximum atomic E-state index is 11.4. The van der Waals surface area contributed by atoms with Gasteiger partial charge in [-0.15, -0.1) is 10.2 Å². The number of rotatable bonds is 6. The fraction of sp³-hybridized carbons (Fsp3) is 0.308. The number of hydrogen-bond acceptors (Lipinski definition) is 6. The fourth-order valence-corrected chi connectivity index (χ4v) is 2.44. The number of carbonyl (C=O) groups excluding carboxylic acids is 1. The Morgan fingerprint density at radius 2 is 2.30 bits per heavy atom. The maximum absolute atomic E-state index is 11.4. The van der Waals surface area contributed by atoms with Gasteiger partial charge in [0.1, 0.15) is 10.8 Å². The molecule has 0 saturated heterocycles. The van der Waals surface area contributed by atoms with E-state index in [-0.39, 0.29) is 12.3 Å². The third-order valence-electron chi connectivity index (χ3n) is 2.57. The zero-order valence-electron chi connectivity index (χ0n) is 11.1. The van der Waals surface area contributed by atoms with Crippen LogP contribution in [0.15, 0.2) is 24.3 Å². The van der Waals surface area contributed by atoms with Gasteiger partial charge in [-0.3, -0.25) is 4.79 Å². The molecule has 0 saturated carbocycles. The number of amides is 1. The number of carbonyl (C=O) groups is 1. The normalized spacial score (nSPS) is 10.3. The summed E-state index contributed by atoms with van der Waals surface area (Å²) in [5, 5.41) is 12.0. The van der Waals surface area contributed by atoms with Gasteiger partial charge in [0.05, 0.1) is 7.11 Å². The molecule has 2 rings (SSSR count). The molecule has 2 aromatic rings. The summed E-state index contributed by atoms with van der Waals surface area (Å²) < 4.78 is 5.18. The molecule has 0 fully saturated rings. The molecular weight excluding hydrogens is 276 g/mol. The average Bonchev–Trinajstić information content (AvgIpc) is 2.86. The fourth-order valence-electron chi connectivity index (χ4n) is 1.65. The zero-order chi connectivity index (χ0) is 14.4. The Balaban J connectivity index is 2.00. The molecule has 0 spiro atoms. The highest BCUT2D eigenvalue weighted by atomic mass is 32.1. The standard InChI is InChI=1S/C13H16N4O2S/c1-19-10-4-2-3-9(7-10)8-12-16-17-13(20-12)15-11(18)5-6-14/h2-4,7H,5-6,8,14H2,1H3,(H,15,17,18). The maximum Gasteiger partial charge on any atom is 0.227 e. The molecule has 0 radical (unpaired) electrons. The molecule has 1 aromatic carbocycles. The summed E-state index contributed by atoms with van der Waals surface area (Å²) in [6.45, 7) is 0.321. The molecule has 0 bridgehead atoms. The third-order valence-corrected chi connectivity index (χ3v) is 3.41. The van der Waals surface area contributed by atoms with E-state index in [1.165, 1.54) is 11.3 Å². The second-order valence-corrected chi connectivity index (χ2v) is 5.18. The molecule has 0 atom stereocenters. The van der Waals surface area contributed by atoms with Crippen molar-refractivity contribution in [3.05, 3.63) is 34.8 Å². The molecule has 0 unspecified atom stereocenters. The van der Waals surface area contributed by atoms with E-state index in [1.54, 1.807) is 7.11 Å². The minimum absolute atomic E-state index is 0.142. The number of nitrogens with two attached hydrogens (primary N) is 1. The minimum atomic E-state index is -0.142. The van der Waals surface area contributed by atoms with Crippen molar-refractivity contribution in [1.82, 2.24) is 10.2 Å². The topological polar surface area (TPSA) is 90.1 Å². The Kier molecular flexibility index (Phi) is 5.03. The van der Waals surface area contributed by atoms with Crippen LogP contribution in [0.4, 0.5) is 5.13 Å². The van der Waals surface area contributed by atoms with E-state index < -0.39 is 0 Å². The van der Waals surface area contributed by atoms with Crippen LogP contribution in [0.1, 0.15) is 17.0 Å². The van der Waals surface area contributed by atoms with E-state index in [2.05, 4.69) is 15.5 Å². The van der Waals surface area contributed by atoms with E-state index in [0.717, 1.165) is 16.3 Å². The van der Waals surface area contributed by atoms with Gasteiger partial charge in [0.2, 0.25) is 11.0 Å². The van der Waals surface area contributed by atoms with Crippen LogP contribution in [0.5, 0.6) is 5.75 Å². The SMILES string of the molecule is COc1cccc(Cc2nnc(NC(=O)CCN)s2)c1. The summed E-state index contributed by atoms with van der Waals surface area (Å²) in [5.74, 6) is 0.667. The lowest BCUT2D eigenvalue weighted by Crippen LogP contribution is -2.15. The van der Waals surface area contributed by atoms with Gasteiger partial charge in [-0.2, -0.15) is 0 Å². The van der Waals surface area contributed by atoms with Gasteiger partial charge in [-0.05, 0) is 17.7 Å². The Hall–Kier alpha value is -1.99. The highest BCUT2D eigenvalue weighted by Crippen LogP contribution is 2.20. The number of aromatic nitrogens is 2. The smallest absolute Gasteiger partial charge is 0.227 e. The first kappa shape index (κ1) is 14.4. The monoisotopic (exact) mass is 292 g/mol. The number of ether oxygens (including phenoxy) is 1. The molecule has 20 heavy (non-hydrogen) atoms. The molecule has 1 amide bonds. The minimum Gasteiger partial charge on any atom is -0.497 e. The molecule has 0 aliphatic rings. The number of anilines is 1. The molecule has 1 heterocycles. The van der Waals surface area contributed by atoms with Crippen molar-refractivity contribution in [2.75, 3.05) is 19.0 Å². The summed E-state index contributed by atoms with van der Waals surface area (Å²) in [5.41, 5.74) is 6.40.